The van der Waals surface area contributed by atoms with E-state index in [1.807, 2.05) is 13.8 Å². The van der Waals surface area contributed by atoms with Gasteiger partial charge in [0.1, 0.15) is 5.82 Å². The Morgan fingerprint density at radius 1 is 1.33 bits per heavy atom. The van der Waals surface area contributed by atoms with Crippen LogP contribution < -0.4 is 5.32 Å². The molecule has 1 atom stereocenters. The second kappa shape index (κ2) is 6.05. The molecule has 1 N–H and O–H groups in total. The van der Waals surface area contributed by atoms with E-state index >= 15 is 0 Å². The molecule has 0 aliphatic rings. The van der Waals surface area contributed by atoms with Crippen molar-refractivity contribution in [2.75, 3.05) is 5.32 Å². The normalized spacial score (nSPS) is 13.3. The van der Waals surface area contributed by atoms with Crippen molar-refractivity contribution >= 4 is 33.0 Å². The van der Waals surface area contributed by atoms with Crippen LogP contribution in [0.5, 0.6) is 0 Å². The summed E-state index contributed by atoms with van der Waals surface area (Å²) in [6.45, 7) is 10.5. The summed E-state index contributed by atoms with van der Waals surface area (Å²) >= 11 is 5.07. The second-order valence-corrected chi connectivity index (χ2v) is 8.16. The fraction of sp³-hybridized carbons (Fsp3) is 0.438. The van der Waals surface area contributed by atoms with Gasteiger partial charge in [-0.15, -0.1) is 11.3 Å². The lowest BCUT2D eigenvalue weighted by Gasteiger charge is -2.16. The summed E-state index contributed by atoms with van der Waals surface area (Å²) in [6.07, 6.45) is 0. The quantitative estimate of drug-likeness (QED) is 0.735. The molecule has 0 saturated heterocycles. The minimum Gasteiger partial charge on any atom is -0.375 e. The van der Waals surface area contributed by atoms with Crippen molar-refractivity contribution in [3.8, 4) is 0 Å². The standard InChI is InChI=1S/C16H20BrFN2S/c1-9(19-13-8-11(17)6-7-12(13)18)14-10(2)20-15(21-14)16(3,4)5/h6-9,19H,1-5H3. The molecule has 0 aliphatic carbocycles. The fourth-order valence-corrected chi connectivity index (χ4v) is 3.52. The molecule has 0 amide bonds. The maximum atomic E-state index is 13.8. The molecule has 2 aromatic rings. The topological polar surface area (TPSA) is 24.9 Å². The van der Waals surface area contributed by atoms with Gasteiger partial charge in [0.2, 0.25) is 0 Å². The van der Waals surface area contributed by atoms with Crippen molar-refractivity contribution < 1.29 is 4.39 Å². The van der Waals surface area contributed by atoms with E-state index in [1.165, 1.54) is 6.07 Å². The van der Waals surface area contributed by atoms with Gasteiger partial charge in [-0.25, -0.2) is 9.37 Å². The number of anilines is 1. The lowest BCUT2D eigenvalue weighted by molar-refractivity contribution is 0.584. The Balaban J connectivity index is 2.26. The third-order valence-electron chi connectivity index (χ3n) is 3.17. The highest BCUT2D eigenvalue weighted by Gasteiger charge is 2.22. The number of nitrogens with one attached hydrogen (secondary N) is 1. The van der Waals surface area contributed by atoms with Crippen LogP contribution in [0.25, 0.3) is 0 Å². The molecule has 0 fully saturated rings. The highest BCUT2D eigenvalue weighted by atomic mass is 79.9. The molecule has 2 nitrogen and oxygen atoms in total. The van der Waals surface area contributed by atoms with Gasteiger partial charge >= 0.3 is 0 Å². The first-order chi connectivity index (χ1) is 9.68. The zero-order valence-electron chi connectivity index (χ0n) is 12.9. The predicted molar refractivity (Wildman–Crippen MR) is 91.7 cm³/mol. The minimum absolute atomic E-state index is 0.0161. The van der Waals surface area contributed by atoms with Gasteiger partial charge in [0, 0.05) is 14.8 Å². The van der Waals surface area contributed by atoms with Gasteiger partial charge in [0.25, 0.3) is 0 Å². The Morgan fingerprint density at radius 3 is 2.57 bits per heavy atom. The summed E-state index contributed by atoms with van der Waals surface area (Å²) in [5.41, 5.74) is 1.55. The number of benzene rings is 1. The molecule has 0 aliphatic heterocycles. The number of halogens is 2. The van der Waals surface area contributed by atoms with E-state index in [0.717, 1.165) is 20.1 Å². The Bertz CT molecular complexity index is 646. The summed E-state index contributed by atoms with van der Waals surface area (Å²) < 4.78 is 14.7. The smallest absolute Gasteiger partial charge is 0.146 e. The van der Waals surface area contributed by atoms with Crippen molar-refractivity contribution in [3.63, 3.8) is 0 Å². The average molecular weight is 371 g/mol. The molecule has 0 bridgehead atoms. The molecule has 1 aromatic heterocycles. The third-order valence-corrected chi connectivity index (χ3v) is 5.43. The van der Waals surface area contributed by atoms with Crippen LogP contribution in [0, 0.1) is 12.7 Å². The highest BCUT2D eigenvalue weighted by Crippen LogP contribution is 2.34. The molecule has 21 heavy (non-hydrogen) atoms. The number of rotatable bonds is 3. The van der Waals surface area contributed by atoms with Crippen LogP contribution >= 0.6 is 27.3 Å². The van der Waals surface area contributed by atoms with Gasteiger partial charge in [-0.05, 0) is 32.0 Å². The zero-order valence-corrected chi connectivity index (χ0v) is 15.3. The highest BCUT2D eigenvalue weighted by molar-refractivity contribution is 9.10. The Kier molecular flexibility index (Phi) is 4.73. The summed E-state index contributed by atoms with van der Waals surface area (Å²) in [7, 11) is 0. The lowest BCUT2D eigenvalue weighted by Crippen LogP contribution is -2.10. The van der Waals surface area contributed by atoms with Gasteiger partial charge in [-0.2, -0.15) is 0 Å². The molecule has 2 rings (SSSR count). The van der Waals surface area contributed by atoms with Gasteiger partial charge < -0.3 is 5.32 Å². The summed E-state index contributed by atoms with van der Waals surface area (Å²) in [5.74, 6) is -0.247. The summed E-state index contributed by atoms with van der Waals surface area (Å²) in [4.78, 5) is 5.81. The van der Waals surface area contributed by atoms with Crippen molar-refractivity contribution in [3.05, 3.63) is 44.1 Å². The van der Waals surface area contributed by atoms with E-state index in [9.17, 15) is 4.39 Å². The Morgan fingerprint density at radius 2 is 2.00 bits per heavy atom. The molecule has 0 saturated carbocycles. The Hall–Kier alpha value is -0.940. The number of nitrogens with zero attached hydrogens (tertiary/aromatic N) is 1. The first kappa shape index (κ1) is 16.4. The first-order valence-electron chi connectivity index (χ1n) is 6.88. The number of hydrogen-bond donors (Lipinski definition) is 1. The first-order valence-corrected chi connectivity index (χ1v) is 8.49. The van der Waals surface area contributed by atoms with Crippen LogP contribution in [-0.4, -0.2) is 4.98 Å². The fourth-order valence-electron chi connectivity index (χ4n) is 2.04. The van der Waals surface area contributed by atoms with Crippen molar-refractivity contribution in [2.45, 2.75) is 46.1 Å². The summed E-state index contributed by atoms with van der Waals surface area (Å²) in [6, 6.07) is 4.93. The van der Waals surface area contributed by atoms with Gasteiger partial charge in [-0.3, -0.25) is 0 Å². The van der Waals surface area contributed by atoms with E-state index in [1.54, 1.807) is 23.5 Å². The second-order valence-electron chi connectivity index (χ2n) is 6.21. The SMILES string of the molecule is Cc1nc(C(C)(C)C)sc1C(C)Nc1cc(Br)ccc1F. The molecular formula is C16H20BrFN2S. The van der Waals surface area contributed by atoms with Crippen LogP contribution in [0.15, 0.2) is 22.7 Å². The van der Waals surface area contributed by atoms with Crippen LogP contribution in [0.1, 0.15) is 49.3 Å². The van der Waals surface area contributed by atoms with E-state index in [2.05, 4.69) is 47.0 Å². The Labute approximate surface area is 137 Å². The average Bonchev–Trinajstić information content (AvgIpc) is 2.76. The van der Waals surface area contributed by atoms with E-state index in [0.29, 0.717) is 5.69 Å². The van der Waals surface area contributed by atoms with Crippen molar-refractivity contribution in [1.29, 1.82) is 0 Å². The molecular weight excluding hydrogens is 351 g/mol. The van der Waals surface area contributed by atoms with Crippen LogP contribution in [0.4, 0.5) is 10.1 Å². The molecule has 1 aromatic carbocycles. The van der Waals surface area contributed by atoms with Crippen LogP contribution in [0.3, 0.4) is 0 Å². The number of thiazole rings is 1. The predicted octanol–water partition coefficient (Wildman–Crippen LogP) is 5.82. The molecule has 0 radical (unpaired) electrons. The minimum atomic E-state index is -0.247. The van der Waals surface area contributed by atoms with Crippen molar-refractivity contribution in [1.82, 2.24) is 4.98 Å². The molecule has 0 spiro atoms. The molecule has 5 heteroatoms. The zero-order chi connectivity index (χ0) is 15.8. The van der Waals surface area contributed by atoms with Gasteiger partial charge in [0.15, 0.2) is 0 Å². The number of aryl methyl sites for hydroxylation is 1. The lowest BCUT2D eigenvalue weighted by atomic mass is 9.98. The maximum absolute atomic E-state index is 13.8. The molecule has 1 heterocycles. The maximum Gasteiger partial charge on any atom is 0.146 e. The van der Waals surface area contributed by atoms with Gasteiger partial charge in [-0.1, -0.05) is 36.7 Å². The van der Waals surface area contributed by atoms with E-state index in [-0.39, 0.29) is 17.3 Å². The number of aromatic nitrogens is 1. The third kappa shape index (κ3) is 3.83. The molecule has 114 valence electrons. The van der Waals surface area contributed by atoms with Gasteiger partial charge in [0.05, 0.1) is 22.4 Å². The summed E-state index contributed by atoms with van der Waals surface area (Å²) in [5, 5.41) is 4.35. The number of hydrogen-bond acceptors (Lipinski definition) is 3. The van der Waals surface area contributed by atoms with Crippen LogP contribution in [0.2, 0.25) is 0 Å². The van der Waals surface area contributed by atoms with E-state index < -0.39 is 0 Å². The van der Waals surface area contributed by atoms with Crippen molar-refractivity contribution in [2.24, 2.45) is 0 Å². The largest absolute Gasteiger partial charge is 0.375 e. The van der Waals surface area contributed by atoms with E-state index in [4.69, 9.17) is 0 Å². The monoisotopic (exact) mass is 370 g/mol. The van der Waals surface area contributed by atoms with Crippen LogP contribution in [-0.2, 0) is 5.41 Å². The molecule has 1 unspecified atom stereocenters.